The van der Waals surface area contributed by atoms with Gasteiger partial charge >= 0.3 is 0 Å². The van der Waals surface area contributed by atoms with Crippen molar-refractivity contribution in [1.29, 1.82) is 0 Å². The molecule has 0 bridgehead atoms. The Balaban J connectivity index is 2.30. The van der Waals surface area contributed by atoms with E-state index in [0.29, 0.717) is 17.0 Å². The van der Waals surface area contributed by atoms with Gasteiger partial charge in [0.2, 0.25) is 0 Å². The van der Waals surface area contributed by atoms with Gasteiger partial charge < -0.3 is 20.0 Å². The SMILES string of the molecule is COc1ccccc1N[C@@H](C(=O)[O-])c1ccccc1. The molecule has 0 aromatic heterocycles. The van der Waals surface area contributed by atoms with Gasteiger partial charge in [0.05, 0.1) is 24.8 Å². The fraction of sp³-hybridized carbons (Fsp3) is 0.133. The lowest BCUT2D eigenvalue weighted by atomic mass is 10.1. The summed E-state index contributed by atoms with van der Waals surface area (Å²) in [5.74, 6) is -0.596. The van der Waals surface area contributed by atoms with E-state index in [2.05, 4.69) is 5.32 Å². The highest BCUT2D eigenvalue weighted by Gasteiger charge is 2.14. The molecular formula is C15H14NO3-. The molecule has 4 nitrogen and oxygen atoms in total. The molecule has 0 unspecified atom stereocenters. The van der Waals surface area contributed by atoms with Crippen molar-refractivity contribution in [2.75, 3.05) is 12.4 Å². The van der Waals surface area contributed by atoms with Crippen molar-refractivity contribution in [2.45, 2.75) is 6.04 Å². The van der Waals surface area contributed by atoms with Crippen LogP contribution in [0.2, 0.25) is 0 Å². The standard InChI is InChI=1S/C15H15NO3/c1-19-13-10-6-5-9-12(13)16-14(15(17)18)11-7-3-2-4-8-11/h2-10,14,16H,1H3,(H,17,18)/p-1/t14-/m1/s1. The summed E-state index contributed by atoms with van der Waals surface area (Å²) >= 11 is 0. The third kappa shape index (κ3) is 3.04. The molecule has 98 valence electrons. The Morgan fingerprint density at radius 3 is 2.37 bits per heavy atom. The molecule has 0 saturated carbocycles. The van der Waals surface area contributed by atoms with Gasteiger partial charge in [-0.3, -0.25) is 0 Å². The number of carbonyl (C=O) groups excluding carboxylic acids is 1. The van der Waals surface area contributed by atoms with E-state index in [9.17, 15) is 9.90 Å². The van der Waals surface area contributed by atoms with Crippen molar-refractivity contribution in [3.05, 3.63) is 60.2 Å². The third-order valence-corrected chi connectivity index (χ3v) is 2.78. The van der Waals surface area contributed by atoms with Crippen LogP contribution in [0.15, 0.2) is 54.6 Å². The van der Waals surface area contributed by atoms with Crippen LogP contribution in [-0.2, 0) is 4.79 Å². The lowest BCUT2D eigenvalue weighted by Crippen LogP contribution is -2.34. The molecular weight excluding hydrogens is 242 g/mol. The zero-order valence-electron chi connectivity index (χ0n) is 10.5. The monoisotopic (exact) mass is 256 g/mol. The molecule has 2 aromatic carbocycles. The van der Waals surface area contributed by atoms with Crippen LogP contribution in [0.1, 0.15) is 11.6 Å². The number of carboxylic acid groups (broad SMARTS) is 1. The molecule has 2 rings (SSSR count). The summed E-state index contributed by atoms with van der Waals surface area (Å²) in [5.41, 5.74) is 1.25. The van der Waals surface area contributed by atoms with Gasteiger partial charge in [0.1, 0.15) is 5.75 Å². The van der Waals surface area contributed by atoms with Gasteiger partial charge in [-0.2, -0.15) is 0 Å². The van der Waals surface area contributed by atoms with Crippen LogP contribution in [0.5, 0.6) is 5.75 Å². The highest BCUT2D eigenvalue weighted by atomic mass is 16.5. The molecule has 0 fully saturated rings. The number of hydrogen-bond donors (Lipinski definition) is 1. The summed E-state index contributed by atoms with van der Waals surface area (Å²) in [6, 6.07) is 15.1. The van der Waals surface area contributed by atoms with Gasteiger partial charge in [0.25, 0.3) is 0 Å². The van der Waals surface area contributed by atoms with E-state index in [4.69, 9.17) is 4.74 Å². The largest absolute Gasteiger partial charge is 0.548 e. The van der Waals surface area contributed by atoms with E-state index in [0.717, 1.165) is 0 Å². The summed E-state index contributed by atoms with van der Waals surface area (Å²) in [6.07, 6.45) is 0. The second-order valence-corrected chi connectivity index (χ2v) is 4.01. The second kappa shape index (κ2) is 5.91. The average Bonchev–Trinajstić information content (AvgIpc) is 2.45. The van der Waals surface area contributed by atoms with Crippen LogP contribution >= 0.6 is 0 Å². The summed E-state index contributed by atoms with van der Waals surface area (Å²) in [4.78, 5) is 11.3. The molecule has 1 N–H and O–H groups in total. The van der Waals surface area contributed by atoms with Gasteiger partial charge in [-0.15, -0.1) is 0 Å². The quantitative estimate of drug-likeness (QED) is 0.882. The lowest BCUT2D eigenvalue weighted by Gasteiger charge is -2.22. The molecule has 0 aliphatic heterocycles. The van der Waals surface area contributed by atoms with Crippen LogP contribution in [0.25, 0.3) is 0 Å². The number of carboxylic acids is 1. The van der Waals surface area contributed by atoms with Gasteiger partial charge in [0, 0.05) is 0 Å². The van der Waals surface area contributed by atoms with Crippen molar-refractivity contribution < 1.29 is 14.6 Å². The minimum atomic E-state index is -1.18. The number of methoxy groups -OCH3 is 1. The smallest absolute Gasteiger partial charge is 0.141 e. The molecule has 0 heterocycles. The van der Waals surface area contributed by atoms with Crippen molar-refractivity contribution >= 4 is 11.7 Å². The maximum Gasteiger partial charge on any atom is 0.141 e. The minimum Gasteiger partial charge on any atom is -0.548 e. The normalized spacial score (nSPS) is 11.6. The number of anilines is 1. The predicted octanol–water partition coefficient (Wildman–Crippen LogP) is 1.60. The van der Waals surface area contributed by atoms with Crippen LogP contribution in [0.4, 0.5) is 5.69 Å². The molecule has 1 atom stereocenters. The van der Waals surface area contributed by atoms with E-state index in [1.54, 1.807) is 36.4 Å². The van der Waals surface area contributed by atoms with E-state index < -0.39 is 12.0 Å². The first-order chi connectivity index (χ1) is 9.22. The zero-order chi connectivity index (χ0) is 13.7. The Kier molecular flexibility index (Phi) is 4.03. The van der Waals surface area contributed by atoms with Gasteiger partial charge in [-0.1, -0.05) is 42.5 Å². The Morgan fingerprint density at radius 1 is 1.11 bits per heavy atom. The number of para-hydroxylation sites is 2. The van der Waals surface area contributed by atoms with Crippen molar-refractivity contribution in [3.63, 3.8) is 0 Å². The number of nitrogens with one attached hydrogen (secondary N) is 1. The molecule has 2 aromatic rings. The van der Waals surface area contributed by atoms with Gasteiger partial charge in [-0.25, -0.2) is 0 Å². The van der Waals surface area contributed by atoms with E-state index in [1.165, 1.54) is 7.11 Å². The maximum atomic E-state index is 11.3. The number of rotatable bonds is 5. The summed E-state index contributed by atoms with van der Waals surface area (Å²) < 4.78 is 5.19. The second-order valence-electron chi connectivity index (χ2n) is 4.01. The molecule has 0 saturated heterocycles. The minimum absolute atomic E-state index is 0.588. The van der Waals surface area contributed by atoms with Crippen molar-refractivity contribution in [3.8, 4) is 5.75 Å². The molecule has 0 aliphatic rings. The highest BCUT2D eigenvalue weighted by molar-refractivity contribution is 5.78. The predicted molar refractivity (Wildman–Crippen MR) is 70.8 cm³/mol. The summed E-state index contributed by atoms with van der Waals surface area (Å²) in [7, 11) is 1.54. The molecule has 4 heteroatoms. The maximum absolute atomic E-state index is 11.3. The van der Waals surface area contributed by atoms with Crippen LogP contribution < -0.4 is 15.2 Å². The topological polar surface area (TPSA) is 61.4 Å². The number of carbonyl (C=O) groups is 1. The van der Waals surface area contributed by atoms with Crippen LogP contribution in [0.3, 0.4) is 0 Å². The fourth-order valence-corrected chi connectivity index (χ4v) is 1.84. The van der Waals surface area contributed by atoms with Crippen LogP contribution in [-0.4, -0.2) is 13.1 Å². The van der Waals surface area contributed by atoms with Crippen molar-refractivity contribution in [2.24, 2.45) is 0 Å². The summed E-state index contributed by atoms with van der Waals surface area (Å²) in [5, 5.41) is 14.2. The zero-order valence-corrected chi connectivity index (χ0v) is 10.5. The summed E-state index contributed by atoms with van der Waals surface area (Å²) in [6.45, 7) is 0. The number of benzene rings is 2. The highest BCUT2D eigenvalue weighted by Crippen LogP contribution is 2.27. The Hall–Kier alpha value is -2.49. The Morgan fingerprint density at radius 2 is 1.74 bits per heavy atom. The number of hydrogen-bond acceptors (Lipinski definition) is 4. The van der Waals surface area contributed by atoms with Crippen LogP contribution in [0, 0.1) is 0 Å². The Labute approximate surface area is 111 Å². The Bertz CT molecular complexity index is 554. The first kappa shape index (κ1) is 13.0. The lowest BCUT2D eigenvalue weighted by molar-refractivity contribution is -0.307. The molecule has 19 heavy (non-hydrogen) atoms. The van der Waals surface area contributed by atoms with E-state index in [1.807, 2.05) is 18.2 Å². The molecule has 0 spiro atoms. The fourth-order valence-electron chi connectivity index (χ4n) is 1.84. The first-order valence-corrected chi connectivity index (χ1v) is 5.87. The molecule has 0 aliphatic carbocycles. The number of aliphatic carboxylic acids is 1. The third-order valence-electron chi connectivity index (χ3n) is 2.78. The number of ether oxygens (including phenoxy) is 1. The van der Waals surface area contributed by atoms with E-state index >= 15 is 0 Å². The van der Waals surface area contributed by atoms with Gasteiger partial charge in [0.15, 0.2) is 0 Å². The first-order valence-electron chi connectivity index (χ1n) is 5.87. The van der Waals surface area contributed by atoms with Crippen molar-refractivity contribution in [1.82, 2.24) is 0 Å². The molecule has 0 amide bonds. The van der Waals surface area contributed by atoms with Gasteiger partial charge in [-0.05, 0) is 17.7 Å². The average molecular weight is 256 g/mol. The van der Waals surface area contributed by atoms with E-state index in [-0.39, 0.29) is 0 Å². The molecule has 0 radical (unpaired) electrons.